The fraction of sp³-hybridized carbons (Fsp3) is 0.667. The number of carbonyl (C=O) groups excluding carboxylic acids is 2. The van der Waals surface area contributed by atoms with Crippen LogP contribution in [0.15, 0.2) is 48.5 Å². The van der Waals surface area contributed by atoms with E-state index < -0.39 is 0 Å². The van der Waals surface area contributed by atoms with Gasteiger partial charge in [-0.15, -0.1) is 23.5 Å². The predicted octanol–water partition coefficient (Wildman–Crippen LogP) is 7.13. The van der Waals surface area contributed by atoms with E-state index in [1.165, 1.54) is 0 Å². The van der Waals surface area contributed by atoms with Crippen LogP contribution in [0.5, 0.6) is 11.5 Å². The van der Waals surface area contributed by atoms with Crippen molar-refractivity contribution in [2.75, 3.05) is 66.1 Å². The summed E-state index contributed by atoms with van der Waals surface area (Å²) in [5.74, 6) is 1.59. The highest BCUT2D eigenvalue weighted by molar-refractivity contribution is 8.01. The van der Waals surface area contributed by atoms with Gasteiger partial charge < -0.3 is 43.7 Å². The third kappa shape index (κ3) is 13.8. The Hall–Kier alpha value is -2.52. The van der Waals surface area contributed by atoms with Crippen molar-refractivity contribution in [2.24, 2.45) is 23.7 Å². The number of rotatable bonds is 24. The van der Waals surface area contributed by atoms with Gasteiger partial charge in [0.05, 0.1) is 88.7 Å². The number of amides is 2. The summed E-state index contributed by atoms with van der Waals surface area (Å²) in [4.78, 5) is 29.8. The summed E-state index contributed by atoms with van der Waals surface area (Å²) in [5.41, 5.74) is 2.00. The van der Waals surface area contributed by atoms with Gasteiger partial charge in [-0.1, -0.05) is 52.0 Å². The van der Waals surface area contributed by atoms with Gasteiger partial charge in [0.1, 0.15) is 22.2 Å². The van der Waals surface area contributed by atoms with Crippen LogP contribution in [-0.4, -0.2) is 120 Å². The van der Waals surface area contributed by atoms with E-state index in [0.717, 1.165) is 11.1 Å². The van der Waals surface area contributed by atoms with E-state index in [2.05, 4.69) is 27.7 Å². The van der Waals surface area contributed by atoms with Crippen molar-refractivity contribution < 1.29 is 43.5 Å². The van der Waals surface area contributed by atoms with Gasteiger partial charge >= 0.3 is 0 Å². The largest absolute Gasteiger partial charge is 0.508 e. The summed E-state index contributed by atoms with van der Waals surface area (Å²) in [6.07, 6.45) is 0. The van der Waals surface area contributed by atoms with Crippen molar-refractivity contribution in [2.45, 2.75) is 88.7 Å². The number of phenols is 2. The third-order valence-corrected chi connectivity index (χ3v) is 12.4. The first kappa shape index (κ1) is 45.2. The van der Waals surface area contributed by atoms with E-state index in [1.54, 1.807) is 47.8 Å². The van der Waals surface area contributed by atoms with E-state index in [4.69, 9.17) is 23.7 Å². The SMILES string of the molecule is CC(COCC(C)COCC(C)COCC(C)N1C(=O)C(C)SC1c1ccc(O)cc1)COCC(C)COCC(C)N1C(=O)C(C)SC1c1ccc(O)cc1. The van der Waals surface area contributed by atoms with Crippen molar-refractivity contribution in [1.29, 1.82) is 0 Å². The van der Waals surface area contributed by atoms with Gasteiger partial charge in [-0.3, -0.25) is 9.59 Å². The van der Waals surface area contributed by atoms with Crippen LogP contribution in [0.2, 0.25) is 0 Å². The normalized spacial score (nSPS) is 23.6. The van der Waals surface area contributed by atoms with Crippen LogP contribution < -0.4 is 0 Å². The summed E-state index contributed by atoms with van der Waals surface area (Å²) >= 11 is 3.25. The molecule has 2 fully saturated rings. The van der Waals surface area contributed by atoms with Gasteiger partial charge in [-0.05, 0) is 63.1 Å². The second kappa shape index (κ2) is 22.4. The van der Waals surface area contributed by atoms with Gasteiger partial charge in [0.25, 0.3) is 0 Å². The number of hydrogen-bond acceptors (Lipinski definition) is 11. The molecule has 2 aliphatic rings. The van der Waals surface area contributed by atoms with Crippen molar-refractivity contribution >= 4 is 35.3 Å². The van der Waals surface area contributed by atoms with Gasteiger partial charge in [0.2, 0.25) is 11.8 Å². The van der Waals surface area contributed by atoms with E-state index in [0.29, 0.717) is 66.1 Å². The number of nitrogens with zero attached hydrogens (tertiary/aromatic N) is 2. The Morgan fingerprint density at radius 3 is 1.02 bits per heavy atom. The molecule has 0 radical (unpaired) electrons. The average molecular weight is 805 g/mol. The molecule has 2 aromatic carbocycles. The van der Waals surface area contributed by atoms with Crippen LogP contribution in [-0.2, 0) is 33.3 Å². The minimum absolute atomic E-state index is 0.0800. The number of phenolic OH excluding ortho intramolecular Hbond substituents is 2. The molecule has 0 aromatic heterocycles. The highest BCUT2D eigenvalue weighted by atomic mass is 32.2. The number of ether oxygens (including phenoxy) is 5. The molecular weight excluding hydrogens is 741 g/mol. The molecule has 4 rings (SSSR count). The van der Waals surface area contributed by atoms with Crippen LogP contribution in [0.3, 0.4) is 0 Å². The lowest BCUT2D eigenvalue weighted by molar-refractivity contribution is -0.134. The Labute approximate surface area is 337 Å². The molecule has 0 saturated carbocycles. The first-order valence-corrected chi connectivity index (χ1v) is 21.5. The molecular formula is C42H64N2O9S2. The molecule has 0 aliphatic carbocycles. The summed E-state index contributed by atoms with van der Waals surface area (Å²) in [6, 6.07) is 14.0. The summed E-state index contributed by atoms with van der Waals surface area (Å²) in [5, 5.41) is 18.9. The van der Waals surface area contributed by atoms with Crippen LogP contribution in [0.25, 0.3) is 0 Å². The lowest BCUT2D eigenvalue weighted by atomic mass is 10.1. The molecule has 11 nitrogen and oxygen atoms in total. The zero-order valence-electron chi connectivity index (χ0n) is 33.9. The standard InChI is InChI=1S/C42H64N2O9S2/c1-27(19-50-21-29(3)23-52-25-31(5)43-39(47)33(7)54-41(43)35-9-13-37(45)14-10-35)17-49-18-28(2)20-51-22-30(4)24-53-26-32(6)44-40(48)34(8)55-42(44)36-11-15-38(46)16-12-36/h9-16,27-34,41-42,45-46H,17-26H2,1-8H3. The predicted molar refractivity (Wildman–Crippen MR) is 219 cm³/mol. The second-order valence-corrected chi connectivity index (χ2v) is 18.6. The van der Waals surface area contributed by atoms with Crippen molar-refractivity contribution in [3.05, 3.63) is 59.7 Å². The number of thioether (sulfide) groups is 2. The first-order chi connectivity index (χ1) is 26.2. The lowest BCUT2D eigenvalue weighted by Gasteiger charge is -2.30. The summed E-state index contributed by atoms with van der Waals surface area (Å²) in [7, 11) is 0. The highest BCUT2D eigenvalue weighted by Gasteiger charge is 2.42. The molecule has 13 heteroatoms. The van der Waals surface area contributed by atoms with Gasteiger partial charge in [-0.25, -0.2) is 0 Å². The van der Waals surface area contributed by atoms with Crippen molar-refractivity contribution in [1.82, 2.24) is 9.80 Å². The average Bonchev–Trinajstić information content (AvgIpc) is 3.61. The van der Waals surface area contributed by atoms with Crippen LogP contribution >= 0.6 is 23.5 Å². The molecule has 0 bridgehead atoms. The van der Waals surface area contributed by atoms with Crippen molar-refractivity contribution in [3.63, 3.8) is 0 Å². The van der Waals surface area contributed by atoms with Crippen LogP contribution in [0.4, 0.5) is 0 Å². The molecule has 2 amide bonds. The van der Waals surface area contributed by atoms with Gasteiger partial charge in [0.15, 0.2) is 0 Å². The Balaban J connectivity index is 1.01. The monoisotopic (exact) mass is 804 g/mol. The molecule has 10 atom stereocenters. The molecule has 0 spiro atoms. The molecule has 2 aromatic rings. The third-order valence-electron chi connectivity index (χ3n) is 9.62. The molecule has 2 N–H and O–H groups in total. The minimum atomic E-state index is -0.121. The lowest BCUT2D eigenvalue weighted by Crippen LogP contribution is -2.40. The molecule has 308 valence electrons. The molecule has 2 saturated heterocycles. The van der Waals surface area contributed by atoms with E-state index in [9.17, 15) is 19.8 Å². The minimum Gasteiger partial charge on any atom is -0.508 e. The summed E-state index contributed by atoms with van der Waals surface area (Å²) < 4.78 is 30.0. The maximum atomic E-state index is 13.0. The zero-order chi connectivity index (χ0) is 40.1. The van der Waals surface area contributed by atoms with Gasteiger partial charge in [0, 0.05) is 23.7 Å². The van der Waals surface area contributed by atoms with Gasteiger partial charge in [-0.2, -0.15) is 0 Å². The first-order valence-electron chi connectivity index (χ1n) is 19.7. The second-order valence-electron chi connectivity index (χ2n) is 15.7. The molecule has 55 heavy (non-hydrogen) atoms. The fourth-order valence-electron chi connectivity index (χ4n) is 6.58. The topological polar surface area (TPSA) is 127 Å². The number of aromatic hydroxyl groups is 2. The zero-order valence-corrected chi connectivity index (χ0v) is 35.6. The number of hydrogen-bond donors (Lipinski definition) is 2. The Kier molecular flexibility index (Phi) is 18.4. The summed E-state index contributed by atoms with van der Waals surface area (Å²) in [6.45, 7) is 22.0. The highest BCUT2D eigenvalue weighted by Crippen LogP contribution is 2.45. The Morgan fingerprint density at radius 1 is 0.491 bits per heavy atom. The smallest absolute Gasteiger partial charge is 0.236 e. The number of benzene rings is 2. The van der Waals surface area contributed by atoms with E-state index >= 15 is 0 Å². The van der Waals surface area contributed by atoms with E-state index in [-0.39, 0.29) is 80.3 Å². The van der Waals surface area contributed by atoms with Crippen LogP contribution in [0.1, 0.15) is 77.3 Å². The number of carbonyl (C=O) groups is 2. The quantitative estimate of drug-likeness (QED) is 0.113. The fourth-order valence-corrected chi connectivity index (χ4v) is 9.35. The molecule has 2 heterocycles. The Bertz CT molecular complexity index is 1340. The van der Waals surface area contributed by atoms with Crippen LogP contribution in [0, 0.1) is 23.7 Å². The maximum Gasteiger partial charge on any atom is 0.236 e. The maximum absolute atomic E-state index is 13.0. The molecule has 2 aliphatic heterocycles. The van der Waals surface area contributed by atoms with Crippen molar-refractivity contribution in [3.8, 4) is 11.5 Å². The van der Waals surface area contributed by atoms with E-state index in [1.807, 2.05) is 61.8 Å². The Morgan fingerprint density at radius 2 is 0.745 bits per heavy atom. The molecule has 10 unspecified atom stereocenters.